The van der Waals surface area contributed by atoms with Gasteiger partial charge in [-0.15, -0.1) is 0 Å². The van der Waals surface area contributed by atoms with E-state index in [0.717, 1.165) is 30.9 Å². The van der Waals surface area contributed by atoms with Crippen molar-refractivity contribution in [1.82, 2.24) is 19.9 Å². The van der Waals surface area contributed by atoms with E-state index < -0.39 is 0 Å². The molecule has 0 bridgehead atoms. The summed E-state index contributed by atoms with van der Waals surface area (Å²) in [5, 5.41) is 3.12. The molecule has 0 unspecified atom stereocenters. The van der Waals surface area contributed by atoms with Crippen LogP contribution in [0, 0.1) is 6.92 Å². The Morgan fingerprint density at radius 2 is 2.24 bits per heavy atom. The third-order valence-electron chi connectivity index (χ3n) is 2.77. The third-order valence-corrected chi connectivity index (χ3v) is 2.77. The van der Waals surface area contributed by atoms with E-state index in [4.69, 9.17) is 0 Å². The van der Waals surface area contributed by atoms with E-state index in [1.807, 2.05) is 25.6 Å². The quantitative estimate of drug-likeness (QED) is 0.844. The van der Waals surface area contributed by atoms with Gasteiger partial charge in [0.25, 0.3) is 0 Å². The van der Waals surface area contributed by atoms with Gasteiger partial charge in [0.05, 0.1) is 24.3 Å². The summed E-state index contributed by atoms with van der Waals surface area (Å²) in [7, 11) is 1.95. The summed E-state index contributed by atoms with van der Waals surface area (Å²) in [5.41, 5.74) is 3.44. The van der Waals surface area contributed by atoms with Crippen LogP contribution in [0.1, 0.15) is 17.0 Å². The molecule has 0 fully saturated rings. The van der Waals surface area contributed by atoms with Crippen LogP contribution in [-0.2, 0) is 13.0 Å². The summed E-state index contributed by atoms with van der Waals surface area (Å²) in [4.78, 5) is 8.76. The number of hydrogen-bond acceptors (Lipinski definition) is 3. The van der Waals surface area contributed by atoms with Crippen molar-refractivity contribution >= 4 is 0 Å². The van der Waals surface area contributed by atoms with Crippen LogP contribution in [0.3, 0.4) is 0 Å². The molecule has 0 atom stereocenters. The highest BCUT2D eigenvalue weighted by molar-refractivity contribution is 5.18. The number of imidazole rings is 1. The lowest BCUT2D eigenvalue weighted by Crippen LogP contribution is -2.10. The number of aromatic nitrogens is 3. The van der Waals surface area contributed by atoms with Crippen molar-refractivity contribution in [3.8, 4) is 0 Å². The summed E-state index contributed by atoms with van der Waals surface area (Å²) in [5.74, 6) is 0. The fourth-order valence-electron chi connectivity index (χ4n) is 1.73. The Kier molecular flexibility index (Phi) is 3.88. The van der Waals surface area contributed by atoms with Gasteiger partial charge in [-0.3, -0.25) is 4.98 Å². The maximum absolute atomic E-state index is 4.38. The lowest BCUT2D eigenvalue weighted by molar-refractivity contribution is 0.760. The maximum Gasteiger partial charge on any atom is 0.0953 e. The number of pyridine rings is 1. The minimum Gasteiger partial charge on any atom is -0.331 e. The smallest absolute Gasteiger partial charge is 0.0953 e. The first-order valence-electron chi connectivity index (χ1n) is 5.85. The molecule has 4 heteroatoms. The molecule has 2 rings (SSSR count). The number of aryl methyl sites for hydroxylation is 1. The summed E-state index contributed by atoms with van der Waals surface area (Å²) in [6, 6.07) is 4.05. The Hall–Kier alpha value is -1.68. The highest BCUT2D eigenvalue weighted by Gasteiger charge is 2.02. The van der Waals surface area contributed by atoms with E-state index in [9.17, 15) is 0 Å². The first-order chi connectivity index (χ1) is 8.29. The highest BCUT2D eigenvalue weighted by atomic mass is 15.0. The van der Waals surface area contributed by atoms with Crippen LogP contribution in [0.4, 0.5) is 0 Å². The van der Waals surface area contributed by atoms with E-state index >= 15 is 0 Å². The van der Waals surface area contributed by atoms with Crippen molar-refractivity contribution in [3.05, 3.63) is 47.8 Å². The largest absolute Gasteiger partial charge is 0.331 e. The minimum absolute atomic E-state index is 0.791. The summed E-state index contributed by atoms with van der Waals surface area (Å²) < 4.78 is 2.08. The molecule has 2 heterocycles. The molecule has 0 aliphatic carbocycles. The molecular formula is C13H18N4. The van der Waals surface area contributed by atoms with Crippen LogP contribution in [-0.4, -0.2) is 28.1 Å². The predicted molar refractivity (Wildman–Crippen MR) is 67.9 cm³/mol. The van der Waals surface area contributed by atoms with Gasteiger partial charge in [-0.05, 0) is 25.6 Å². The van der Waals surface area contributed by atoms with Gasteiger partial charge in [-0.1, -0.05) is 6.07 Å². The zero-order valence-corrected chi connectivity index (χ0v) is 10.3. The van der Waals surface area contributed by atoms with E-state index in [0.29, 0.717) is 0 Å². The highest BCUT2D eigenvalue weighted by Crippen LogP contribution is 2.06. The van der Waals surface area contributed by atoms with E-state index in [2.05, 4.69) is 39.0 Å². The van der Waals surface area contributed by atoms with Crippen molar-refractivity contribution in [1.29, 1.82) is 0 Å². The van der Waals surface area contributed by atoms with E-state index in [1.54, 1.807) is 0 Å². The maximum atomic E-state index is 4.38. The number of hydrogen-bond donors (Lipinski definition) is 1. The molecule has 17 heavy (non-hydrogen) atoms. The lowest BCUT2D eigenvalue weighted by Gasteiger charge is -2.04. The van der Waals surface area contributed by atoms with Gasteiger partial charge >= 0.3 is 0 Å². The molecule has 0 aromatic carbocycles. The third kappa shape index (κ3) is 3.14. The number of nitrogens with one attached hydrogen (secondary N) is 1. The Morgan fingerprint density at radius 1 is 1.35 bits per heavy atom. The first-order valence-corrected chi connectivity index (χ1v) is 5.85. The van der Waals surface area contributed by atoms with Crippen molar-refractivity contribution in [2.24, 2.45) is 0 Å². The average molecular weight is 230 g/mol. The summed E-state index contributed by atoms with van der Waals surface area (Å²) >= 11 is 0. The molecule has 0 amide bonds. The van der Waals surface area contributed by atoms with Gasteiger partial charge in [-0.2, -0.15) is 0 Å². The predicted octanol–water partition coefficient (Wildman–Crippen LogP) is 1.40. The molecule has 90 valence electrons. The van der Waals surface area contributed by atoms with Crippen molar-refractivity contribution in [3.63, 3.8) is 0 Å². The molecule has 0 radical (unpaired) electrons. The lowest BCUT2D eigenvalue weighted by atomic mass is 10.2. The van der Waals surface area contributed by atoms with Crippen LogP contribution >= 0.6 is 0 Å². The van der Waals surface area contributed by atoms with Crippen LogP contribution in [0.2, 0.25) is 0 Å². The van der Waals surface area contributed by atoms with Gasteiger partial charge in [0.15, 0.2) is 0 Å². The van der Waals surface area contributed by atoms with Crippen LogP contribution < -0.4 is 5.32 Å². The van der Waals surface area contributed by atoms with Crippen molar-refractivity contribution < 1.29 is 0 Å². The molecule has 2 aromatic rings. The van der Waals surface area contributed by atoms with Gasteiger partial charge in [0.2, 0.25) is 0 Å². The molecule has 0 spiro atoms. The van der Waals surface area contributed by atoms with Crippen LogP contribution in [0.5, 0.6) is 0 Å². The van der Waals surface area contributed by atoms with Crippen LogP contribution in [0.15, 0.2) is 30.9 Å². The van der Waals surface area contributed by atoms with E-state index in [-0.39, 0.29) is 0 Å². The standard InChI is InChI=1S/C13H18N4/c1-11-4-3-6-15-13(11)9-17-8-12(16-10-17)5-7-14-2/h3-4,6,8,10,14H,5,7,9H2,1-2H3. The fourth-order valence-corrected chi connectivity index (χ4v) is 1.73. The van der Waals surface area contributed by atoms with Crippen molar-refractivity contribution in [2.45, 2.75) is 19.9 Å². The molecular weight excluding hydrogens is 212 g/mol. The molecule has 0 aliphatic rings. The van der Waals surface area contributed by atoms with Crippen LogP contribution in [0.25, 0.3) is 0 Å². The monoisotopic (exact) mass is 230 g/mol. The second-order valence-corrected chi connectivity index (χ2v) is 4.16. The molecule has 2 aromatic heterocycles. The number of rotatable bonds is 5. The zero-order chi connectivity index (χ0) is 12.1. The van der Waals surface area contributed by atoms with Gasteiger partial charge < -0.3 is 9.88 Å². The second kappa shape index (κ2) is 5.59. The summed E-state index contributed by atoms with van der Waals surface area (Å²) in [6.45, 7) is 3.83. The fraction of sp³-hybridized carbons (Fsp3) is 0.385. The minimum atomic E-state index is 0.791. The molecule has 0 saturated carbocycles. The van der Waals surface area contributed by atoms with Crippen molar-refractivity contribution in [2.75, 3.05) is 13.6 Å². The second-order valence-electron chi connectivity index (χ2n) is 4.16. The van der Waals surface area contributed by atoms with E-state index in [1.165, 1.54) is 5.56 Å². The summed E-state index contributed by atoms with van der Waals surface area (Å²) in [6.07, 6.45) is 6.76. The first kappa shape index (κ1) is 11.8. The molecule has 4 nitrogen and oxygen atoms in total. The molecule has 0 aliphatic heterocycles. The normalized spacial score (nSPS) is 10.7. The number of nitrogens with zero attached hydrogens (tertiary/aromatic N) is 3. The number of likely N-dealkylation sites (N-methyl/N-ethyl adjacent to an activating group) is 1. The molecule has 0 saturated heterocycles. The Balaban J connectivity index is 2.04. The molecule has 1 N–H and O–H groups in total. The zero-order valence-electron chi connectivity index (χ0n) is 10.3. The SMILES string of the molecule is CNCCc1cn(Cc2ncccc2C)cn1. The average Bonchev–Trinajstić information content (AvgIpc) is 2.77. The van der Waals surface area contributed by atoms with Gasteiger partial charge in [0, 0.05) is 25.4 Å². The Labute approximate surface area is 102 Å². The van der Waals surface area contributed by atoms with Gasteiger partial charge in [0.1, 0.15) is 0 Å². The van der Waals surface area contributed by atoms with Gasteiger partial charge in [-0.25, -0.2) is 4.98 Å². The topological polar surface area (TPSA) is 42.7 Å². The Morgan fingerprint density at radius 3 is 3.00 bits per heavy atom. The Bertz CT molecular complexity index is 476.